The molecular weight excluding hydrogens is 380 g/mol. The van der Waals surface area contributed by atoms with Gasteiger partial charge in [-0.15, -0.1) is 11.8 Å². The number of thioether (sulfide) groups is 1. The molecule has 2 aromatic rings. The van der Waals surface area contributed by atoms with Crippen molar-refractivity contribution in [2.45, 2.75) is 64.6 Å². The van der Waals surface area contributed by atoms with Crippen molar-refractivity contribution >= 4 is 23.6 Å². The smallest absolute Gasteiger partial charge is 0.242 e. The Morgan fingerprint density at radius 1 is 1.03 bits per heavy atom. The maximum atomic E-state index is 13.1. The molecule has 0 aliphatic heterocycles. The minimum atomic E-state index is -0.556. The summed E-state index contributed by atoms with van der Waals surface area (Å²) in [6.45, 7) is 12.1. The number of nitrogens with zero attached hydrogens (tertiary/aromatic N) is 1. The fourth-order valence-electron chi connectivity index (χ4n) is 2.89. The summed E-state index contributed by atoms with van der Waals surface area (Å²) in [5.41, 5.74) is 3.00. The fourth-order valence-corrected chi connectivity index (χ4v) is 3.67. The first-order chi connectivity index (χ1) is 13.6. The summed E-state index contributed by atoms with van der Waals surface area (Å²) in [6.07, 6.45) is 0. The average Bonchev–Trinajstić information content (AvgIpc) is 2.65. The topological polar surface area (TPSA) is 49.4 Å². The molecule has 1 unspecified atom stereocenters. The lowest BCUT2D eigenvalue weighted by Gasteiger charge is -2.31. The molecule has 0 heterocycles. The van der Waals surface area contributed by atoms with E-state index in [2.05, 4.69) is 5.32 Å². The number of hydrogen-bond donors (Lipinski definition) is 1. The van der Waals surface area contributed by atoms with Crippen LogP contribution >= 0.6 is 11.8 Å². The van der Waals surface area contributed by atoms with E-state index in [0.29, 0.717) is 12.3 Å². The van der Waals surface area contributed by atoms with Gasteiger partial charge in [-0.05, 0) is 64.8 Å². The molecule has 0 aromatic heterocycles. The number of benzene rings is 2. The van der Waals surface area contributed by atoms with Crippen LogP contribution in [-0.4, -0.2) is 34.0 Å². The monoisotopic (exact) mass is 412 g/mol. The standard InChI is InChI=1S/C24H32N2O2S/c1-17-11-13-21(14-12-17)29-16-22(27)26(15-20-10-8-7-9-18(20)2)19(3)23(28)25-24(4,5)6/h7-14,19H,15-16H2,1-6H3,(H,25,28). The van der Waals surface area contributed by atoms with Crippen LogP contribution in [0.4, 0.5) is 0 Å². The molecule has 0 saturated carbocycles. The van der Waals surface area contributed by atoms with Gasteiger partial charge in [0, 0.05) is 17.0 Å². The normalized spacial score (nSPS) is 12.3. The highest BCUT2D eigenvalue weighted by Gasteiger charge is 2.28. The van der Waals surface area contributed by atoms with Gasteiger partial charge in [0.25, 0.3) is 0 Å². The van der Waals surface area contributed by atoms with Crippen LogP contribution in [0.5, 0.6) is 0 Å². The number of aryl methyl sites for hydroxylation is 2. The van der Waals surface area contributed by atoms with Gasteiger partial charge < -0.3 is 10.2 Å². The Morgan fingerprint density at radius 2 is 1.66 bits per heavy atom. The molecule has 0 fully saturated rings. The number of carbonyl (C=O) groups excluding carboxylic acids is 2. The zero-order valence-electron chi connectivity index (χ0n) is 18.3. The molecule has 2 rings (SSSR count). The molecule has 5 heteroatoms. The van der Waals surface area contributed by atoms with E-state index >= 15 is 0 Å². The van der Waals surface area contributed by atoms with Gasteiger partial charge >= 0.3 is 0 Å². The van der Waals surface area contributed by atoms with Crippen molar-refractivity contribution in [2.24, 2.45) is 0 Å². The quantitative estimate of drug-likeness (QED) is 0.669. The van der Waals surface area contributed by atoms with Crippen LogP contribution < -0.4 is 5.32 Å². The molecule has 0 saturated heterocycles. The lowest BCUT2D eigenvalue weighted by atomic mass is 10.1. The molecule has 0 aliphatic carbocycles. The van der Waals surface area contributed by atoms with Crippen molar-refractivity contribution in [1.82, 2.24) is 10.2 Å². The van der Waals surface area contributed by atoms with Crippen molar-refractivity contribution in [2.75, 3.05) is 5.75 Å². The summed E-state index contributed by atoms with van der Waals surface area (Å²) in [6, 6.07) is 15.5. The summed E-state index contributed by atoms with van der Waals surface area (Å²) >= 11 is 1.50. The van der Waals surface area contributed by atoms with Gasteiger partial charge in [0.2, 0.25) is 11.8 Å². The lowest BCUT2D eigenvalue weighted by molar-refractivity contribution is -0.139. The number of hydrogen-bond acceptors (Lipinski definition) is 3. The van der Waals surface area contributed by atoms with Crippen molar-refractivity contribution in [1.29, 1.82) is 0 Å². The third-order valence-corrected chi connectivity index (χ3v) is 5.65. The average molecular weight is 413 g/mol. The third-order valence-electron chi connectivity index (χ3n) is 4.65. The first kappa shape index (κ1) is 23.0. The summed E-state index contributed by atoms with van der Waals surface area (Å²) < 4.78 is 0. The lowest BCUT2D eigenvalue weighted by Crippen LogP contribution is -2.52. The van der Waals surface area contributed by atoms with Crippen molar-refractivity contribution < 1.29 is 9.59 Å². The van der Waals surface area contributed by atoms with Gasteiger partial charge in [0.1, 0.15) is 6.04 Å². The Labute approximate surface area is 179 Å². The van der Waals surface area contributed by atoms with Gasteiger partial charge in [0.05, 0.1) is 5.75 Å². The number of nitrogens with one attached hydrogen (secondary N) is 1. The zero-order chi connectivity index (χ0) is 21.6. The van der Waals surface area contributed by atoms with E-state index in [4.69, 9.17) is 0 Å². The summed E-state index contributed by atoms with van der Waals surface area (Å²) in [7, 11) is 0. The van der Waals surface area contributed by atoms with E-state index in [9.17, 15) is 9.59 Å². The largest absolute Gasteiger partial charge is 0.350 e. The molecule has 0 radical (unpaired) electrons. The van der Waals surface area contributed by atoms with Crippen LogP contribution in [-0.2, 0) is 16.1 Å². The van der Waals surface area contributed by atoms with Crippen LogP contribution in [0.2, 0.25) is 0 Å². The molecule has 0 aliphatic rings. The van der Waals surface area contributed by atoms with Gasteiger partial charge in [0.15, 0.2) is 0 Å². The second-order valence-electron chi connectivity index (χ2n) is 8.47. The molecule has 156 valence electrons. The maximum absolute atomic E-state index is 13.1. The molecule has 4 nitrogen and oxygen atoms in total. The van der Waals surface area contributed by atoms with Crippen LogP contribution in [0.25, 0.3) is 0 Å². The van der Waals surface area contributed by atoms with E-state index in [1.54, 1.807) is 11.8 Å². The highest BCUT2D eigenvalue weighted by Crippen LogP contribution is 2.21. The van der Waals surface area contributed by atoms with Gasteiger partial charge in [-0.25, -0.2) is 0 Å². The molecule has 2 aromatic carbocycles. The Morgan fingerprint density at radius 3 is 2.24 bits per heavy atom. The number of carbonyl (C=O) groups is 2. The van der Waals surface area contributed by atoms with E-state index in [-0.39, 0.29) is 17.4 Å². The molecule has 1 N–H and O–H groups in total. The second-order valence-corrected chi connectivity index (χ2v) is 9.51. The van der Waals surface area contributed by atoms with Gasteiger partial charge in [-0.2, -0.15) is 0 Å². The first-order valence-electron chi connectivity index (χ1n) is 9.92. The Kier molecular flexibility index (Phi) is 7.91. The van der Waals surface area contributed by atoms with Crippen LogP contribution in [0.3, 0.4) is 0 Å². The SMILES string of the molecule is Cc1ccc(SCC(=O)N(Cc2ccccc2C)C(C)C(=O)NC(C)(C)C)cc1. The molecule has 1 atom stereocenters. The second kappa shape index (κ2) is 9.97. The van der Waals surface area contributed by atoms with Crippen molar-refractivity contribution in [3.05, 3.63) is 65.2 Å². The Hall–Kier alpha value is -2.27. The predicted molar refractivity (Wildman–Crippen MR) is 121 cm³/mol. The van der Waals surface area contributed by atoms with Crippen LogP contribution in [0.15, 0.2) is 53.4 Å². The predicted octanol–water partition coefficient (Wildman–Crippen LogP) is 4.73. The van der Waals surface area contributed by atoms with E-state index in [1.807, 2.05) is 83.1 Å². The van der Waals surface area contributed by atoms with E-state index < -0.39 is 6.04 Å². The highest BCUT2D eigenvalue weighted by atomic mass is 32.2. The summed E-state index contributed by atoms with van der Waals surface area (Å²) in [5.74, 6) is 0.109. The fraction of sp³-hybridized carbons (Fsp3) is 0.417. The van der Waals surface area contributed by atoms with Crippen LogP contribution in [0.1, 0.15) is 44.4 Å². The van der Waals surface area contributed by atoms with Crippen molar-refractivity contribution in [3.8, 4) is 0 Å². The minimum Gasteiger partial charge on any atom is -0.350 e. The summed E-state index contributed by atoms with van der Waals surface area (Å²) in [5, 5.41) is 3.00. The molecule has 29 heavy (non-hydrogen) atoms. The van der Waals surface area contributed by atoms with Gasteiger partial charge in [-0.3, -0.25) is 9.59 Å². The molecular formula is C24H32N2O2S. The van der Waals surface area contributed by atoms with E-state index in [1.165, 1.54) is 17.3 Å². The first-order valence-corrected chi connectivity index (χ1v) is 10.9. The third kappa shape index (κ3) is 7.24. The number of amides is 2. The number of rotatable bonds is 7. The minimum absolute atomic E-state index is 0.0459. The van der Waals surface area contributed by atoms with Gasteiger partial charge in [-0.1, -0.05) is 42.0 Å². The Balaban J connectivity index is 2.18. The van der Waals surface area contributed by atoms with Crippen LogP contribution in [0, 0.1) is 13.8 Å². The molecule has 0 bridgehead atoms. The summed E-state index contributed by atoms with van der Waals surface area (Å²) in [4.78, 5) is 28.6. The highest BCUT2D eigenvalue weighted by molar-refractivity contribution is 8.00. The molecule has 2 amide bonds. The zero-order valence-corrected chi connectivity index (χ0v) is 19.1. The van der Waals surface area contributed by atoms with E-state index in [0.717, 1.165) is 16.0 Å². The van der Waals surface area contributed by atoms with Crippen molar-refractivity contribution in [3.63, 3.8) is 0 Å². The Bertz CT molecular complexity index is 841. The maximum Gasteiger partial charge on any atom is 0.242 e. The molecule has 0 spiro atoms.